The smallest absolute Gasteiger partial charge is 0.325 e. The van der Waals surface area contributed by atoms with Crippen molar-refractivity contribution in [2.24, 2.45) is 5.73 Å². The third-order valence-electron chi connectivity index (χ3n) is 6.18. The minimum atomic E-state index is -4.21. The fourth-order valence-corrected chi connectivity index (χ4v) is 5.77. The molecular formula is C31H30N4O4S. The van der Waals surface area contributed by atoms with E-state index in [1.807, 2.05) is 48.5 Å². The number of nitrogens with two attached hydrogens (primary N) is 1. The van der Waals surface area contributed by atoms with Crippen LogP contribution in [0.15, 0.2) is 96.2 Å². The highest BCUT2D eigenvalue weighted by Gasteiger charge is 2.45. The van der Waals surface area contributed by atoms with Crippen molar-refractivity contribution < 1.29 is 17.9 Å². The van der Waals surface area contributed by atoms with Crippen LogP contribution in [0.4, 0.5) is 5.82 Å². The van der Waals surface area contributed by atoms with Gasteiger partial charge in [-0.05, 0) is 66.9 Å². The van der Waals surface area contributed by atoms with Crippen LogP contribution >= 0.6 is 0 Å². The summed E-state index contributed by atoms with van der Waals surface area (Å²) in [6, 6.07) is 24.9. The summed E-state index contributed by atoms with van der Waals surface area (Å²) < 4.78 is 32.9. The van der Waals surface area contributed by atoms with E-state index in [9.17, 15) is 13.2 Å². The molecule has 4 aromatic rings. The molecule has 2 aromatic heterocycles. The average Bonchev–Trinajstić information content (AvgIpc) is 2.97. The minimum Gasteiger partial charge on any atom is -0.465 e. The van der Waals surface area contributed by atoms with E-state index in [1.165, 1.54) is 12.3 Å². The molecule has 3 N–H and O–H groups in total. The van der Waals surface area contributed by atoms with Gasteiger partial charge in [0.15, 0.2) is 9.90 Å². The number of rotatable bonds is 10. The zero-order valence-electron chi connectivity index (χ0n) is 22.3. The molecule has 0 fully saturated rings. The predicted molar refractivity (Wildman–Crippen MR) is 155 cm³/mol. The van der Waals surface area contributed by atoms with Gasteiger partial charge in [0.25, 0.3) is 0 Å². The first kappa shape index (κ1) is 28.5. The van der Waals surface area contributed by atoms with E-state index in [-0.39, 0.29) is 30.3 Å². The van der Waals surface area contributed by atoms with Gasteiger partial charge in [-0.15, -0.1) is 5.92 Å². The molecule has 4 rings (SSSR count). The summed E-state index contributed by atoms with van der Waals surface area (Å²) in [5.74, 6) is 5.80. The summed E-state index contributed by atoms with van der Waals surface area (Å²) in [5.41, 5.74) is 10.5. The quantitative estimate of drug-likeness (QED) is 0.219. The molecule has 1 unspecified atom stereocenters. The molecule has 0 aliphatic carbocycles. The Kier molecular flexibility index (Phi) is 8.94. The topological polar surface area (TPSA) is 124 Å². The fourth-order valence-electron chi connectivity index (χ4n) is 4.20. The summed E-state index contributed by atoms with van der Waals surface area (Å²) in [7, 11) is -4.21. The molecule has 9 heteroatoms. The molecule has 0 saturated heterocycles. The van der Waals surface area contributed by atoms with E-state index in [0.29, 0.717) is 11.4 Å². The van der Waals surface area contributed by atoms with Gasteiger partial charge in [0.1, 0.15) is 12.4 Å². The molecule has 8 nitrogen and oxygen atoms in total. The van der Waals surface area contributed by atoms with Crippen molar-refractivity contribution in [1.82, 2.24) is 9.97 Å². The number of carbonyl (C=O) groups is 1. The molecule has 2 heterocycles. The van der Waals surface area contributed by atoms with Gasteiger partial charge in [-0.3, -0.25) is 4.79 Å². The molecule has 0 amide bonds. The summed E-state index contributed by atoms with van der Waals surface area (Å²) in [5, 5.41) is 2.72. The van der Waals surface area contributed by atoms with Crippen molar-refractivity contribution in [2.75, 3.05) is 18.5 Å². The van der Waals surface area contributed by atoms with Crippen molar-refractivity contribution in [3.63, 3.8) is 0 Å². The summed E-state index contributed by atoms with van der Waals surface area (Å²) in [6.07, 6.45) is 1.34. The maximum atomic E-state index is 14.0. The Morgan fingerprint density at radius 1 is 1.00 bits per heavy atom. The lowest BCUT2D eigenvalue weighted by Gasteiger charge is -2.29. The molecule has 1 atom stereocenters. The highest BCUT2D eigenvalue weighted by Crippen LogP contribution is 2.34. The Morgan fingerprint density at radius 2 is 1.77 bits per heavy atom. The zero-order chi connectivity index (χ0) is 28.6. The molecule has 0 aliphatic heterocycles. The lowest BCUT2D eigenvalue weighted by molar-refractivity contribution is -0.140. The van der Waals surface area contributed by atoms with Gasteiger partial charge in [-0.2, -0.15) is 0 Å². The number of ether oxygens (including phenoxy) is 1. The van der Waals surface area contributed by atoms with Crippen LogP contribution in [0.1, 0.15) is 30.7 Å². The van der Waals surface area contributed by atoms with Gasteiger partial charge in [-0.1, -0.05) is 54.5 Å². The van der Waals surface area contributed by atoms with Crippen LogP contribution in [-0.4, -0.2) is 37.5 Å². The Morgan fingerprint density at radius 3 is 2.48 bits per heavy atom. The van der Waals surface area contributed by atoms with Gasteiger partial charge in [0, 0.05) is 18.2 Å². The largest absolute Gasteiger partial charge is 0.465 e. The number of sulfone groups is 1. The highest BCUT2D eigenvalue weighted by molar-refractivity contribution is 7.92. The van der Waals surface area contributed by atoms with Crippen LogP contribution in [0.2, 0.25) is 0 Å². The number of hydrogen-bond donors (Lipinski definition) is 2. The lowest BCUT2D eigenvalue weighted by Crippen LogP contribution is -2.47. The molecule has 0 bridgehead atoms. The molecule has 0 radical (unpaired) electrons. The number of benzene rings is 2. The number of nitrogens with zero attached hydrogens (tertiary/aromatic N) is 2. The first-order valence-corrected chi connectivity index (χ1v) is 14.2. The van der Waals surface area contributed by atoms with E-state index in [2.05, 4.69) is 27.1 Å². The summed E-state index contributed by atoms with van der Waals surface area (Å²) >= 11 is 0. The minimum absolute atomic E-state index is 0.0676. The van der Waals surface area contributed by atoms with E-state index < -0.39 is 20.7 Å². The highest BCUT2D eigenvalue weighted by atomic mass is 32.2. The maximum Gasteiger partial charge on any atom is 0.325 e. The van der Waals surface area contributed by atoms with E-state index in [0.717, 1.165) is 16.7 Å². The molecule has 0 spiro atoms. The van der Waals surface area contributed by atoms with Gasteiger partial charge in [0.2, 0.25) is 9.84 Å². The molecule has 40 heavy (non-hydrogen) atoms. The summed E-state index contributed by atoms with van der Waals surface area (Å²) in [4.78, 5) is 18.4. The van der Waals surface area contributed by atoms with Crippen LogP contribution in [0.3, 0.4) is 0 Å². The first-order chi connectivity index (χ1) is 19.3. The third kappa shape index (κ3) is 6.37. The second-order valence-electron chi connectivity index (χ2n) is 8.96. The second-order valence-corrected chi connectivity index (χ2v) is 11.1. The van der Waals surface area contributed by atoms with Gasteiger partial charge < -0.3 is 15.8 Å². The lowest BCUT2D eigenvalue weighted by atomic mass is 9.98. The van der Waals surface area contributed by atoms with Crippen LogP contribution in [-0.2, 0) is 30.7 Å². The average molecular weight is 555 g/mol. The third-order valence-corrected chi connectivity index (χ3v) is 8.29. The van der Waals surface area contributed by atoms with Crippen molar-refractivity contribution >= 4 is 21.6 Å². The monoisotopic (exact) mass is 554 g/mol. The number of anilines is 1. The Hall–Kier alpha value is -4.52. The summed E-state index contributed by atoms with van der Waals surface area (Å²) in [6.45, 7) is 3.63. The standard InChI is InChI=1S/C31H30N4O4S/c1-3-9-23-10-7-11-26(20-23)25-17-15-24(16-18-25)21-31(32,40(37,38)29-14-5-6-19-33-29)27-12-8-13-28(35-27)34-22-30(36)39-4-2/h5-8,10-20H,4,21-22,32H2,1-2H3,(H,34,35). The molecule has 0 aliphatic rings. The number of hydrogen-bond acceptors (Lipinski definition) is 8. The van der Waals surface area contributed by atoms with Crippen molar-refractivity contribution in [3.8, 4) is 23.0 Å². The number of esters is 1. The Balaban J connectivity index is 1.71. The second kappa shape index (κ2) is 12.6. The zero-order valence-corrected chi connectivity index (χ0v) is 23.1. The molecule has 2 aromatic carbocycles. The molecular weight excluding hydrogens is 524 g/mol. The van der Waals surface area contributed by atoms with Crippen molar-refractivity contribution in [2.45, 2.75) is 30.2 Å². The van der Waals surface area contributed by atoms with Crippen LogP contribution in [0, 0.1) is 11.8 Å². The van der Waals surface area contributed by atoms with Crippen LogP contribution in [0.25, 0.3) is 11.1 Å². The van der Waals surface area contributed by atoms with Crippen molar-refractivity contribution in [1.29, 1.82) is 0 Å². The molecule has 0 saturated carbocycles. The Bertz CT molecular complexity index is 1650. The Labute approximate surface area is 234 Å². The van der Waals surface area contributed by atoms with Gasteiger partial charge >= 0.3 is 5.97 Å². The van der Waals surface area contributed by atoms with Gasteiger partial charge in [0.05, 0.1) is 12.3 Å². The molecule has 204 valence electrons. The number of carbonyl (C=O) groups excluding carboxylic acids is 1. The van der Waals surface area contributed by atoms with Crippen molar-refractivity contribution in [3.05, 3.63) is 108 Å². The number of pyridine rings is 2. The number of aromatic nitrogens is 2. The fraction of sp³-hybridized carbons (Fsp3) is 0.194. The van der Waals surface area contributed by atoms with E-state index in [1.54, 1.807) is 44.2 Å². The van der Waals surface area contributed by atoms with Crippen LogP contribution in [0.5, 0.6) is 0 Å². The normalized spacial score (nSPS) is 12.5. The maximum absolute atomic E-state index is 14.0. The van der Waals surface area contributed by atoms with E-state index >= 15 is 0 Å². The predicted octanol–water partition coefficient (Wildman–Crippen LogP) is 4.32. The van der Waals surface area contributed by atoms with E-state index in [4.69, 9.17) is 10.5 Å². The number of nitrogens with one attached hydrogen (secondary N) is 1. The SMILES string of the molecule is CC#Cc1cccc(-c2ccc(CC(N)(c3cccc(NCC(=O)OCC)n3)S(=O)(=O)c3ccccn3)cc2)c1. The van der Waals surface area contributed by atoms with Gasteiger partial charge in [-0.25, -0.2) is 18.4 Å². The first-order valence-electron chi connectivity index (χ1n) is 12.7. The van der Waals surface area contributed by atoms with Crippen LogP contribution < -0.4 is 11.1 Å².